The molecular weight excluding hydrogens is 297 g/mol. The van der Waals surface area contributed by atoms with Crippen LogP contribution in [0.3, 0.4) is 0 Å². The maximum absolute atomic E-state index is 12.5. The van der Waals surface area contributed by atoms with Crippen LogP contribution in [0.2, 0.25) is 0 Å². The van der Waals surface area contributed by atoms with Crippen LogP contribution in [0.5, 0.6) is 0 Å². The predicted octanol–water partition coefficient (Wildman–Crippen LogP) is 4.24. The van der Waals surface area contributed by atoms with E-state index in [2.05, 4.69) is 10.5 Å². The van der Waals surface area contributed by atoms with Crippen molar-refractivity contribution in [2.45, 2.75) is 32.4 Å². The van der Waals surface area contributed by atoms with E-state index in [0.29, 0.717) is 5.76 Å². The van der Waals surface area contributed by atoms with Crippen molar-refractivity contribution in [1.29, 1.82) is 0 Å². The van der Waals surface area contributed by atoms with Crippen LogP contribution in [0.1, 0.15) is 42.5 Å². The summed E-state index contributed by atoms with van der Waals surface area (Å²) >= 11 is 0. The zero-order chi connectivity index (χ0) is 16.5. The smallest absolute Gasteiger partial charge is 0.360 e. The molecule has 0 saturated heterocycles. The molecule has 0 atom stereocenters. The summed E-state index contributed by atoms with van der Waals surface area (Å²) in [6, 6.07) is 4.22. The molecule has 7 heteroatoms. The Morgan fingerprint density at radius 2 is 1.73 bits per heavy atom. The molecule has 1 aromatic carbocycles. The van der Waals surface area contributed by atoms with Gasteiger partial charge in [0.1, 0.15) is 5.56 Å². The molecule has 1 aromatic heterocycles. The van der Waals surface area contributed by atoms with Crippen molar-refractivity contribution in [2.75, 3.05) is 5.32 Å². The molecular formula is C15H15F3N2O2. The SMILES string of the molecule is CC(C)(C)c1oncc1C(=O)Nc1ccc(C(F)(F)F)cc1. The highest BCUT2D eigenvalue weighted by molar-refractivity contribution is 6.04. The molecule has 2 rings (SSSR count). The standard InChI is InChI=1S/C15H15F3N2O2/c1-14(2,3)12-11(8-19-22-12)13(21)20-10-6-4-9(5-7-10)15(16,17)18/h4-8H,1-3H3,(H,20,21). The Hall–Kier alpha value is -2.31. The molecule has 118 valence electrons. The Morgan fingerprint density at radius 1 is 1.14 bits per heavy atom. The van der Waals surface area contributed by atoms with Crippen LogP contribution in [0.15, 0.2) is 35.0 Å². The fourth-order valence-electron chi connectivity index (χ4n) is 1.88. The molecule has 2 aromatic rings. The van der Waals surface area contributed by atoms with Gasteiger partial charge in [0.15, 0.2) is 5.76 Å². The van der Waals surface area contributed by atoms with E-state index in [1.165, 1.54) is 18.3 Å². The number of halogens is 3. The molecule has 22 heavy (non-hydrogen) atoms. The van der Waals surface area contributed by atoms with Crippen LogP contribution in [0.25, 0.3) is 0 Å². The molecule has 0 fully saturated rings. The third-order valence-corrected chi connectivity index (χ3v) is 2.97. The third kappa shape index (κ3) is 3.47. The van der Waals surface area contributed by atoms with E-state index in [1.807, 2.05) is 20.8 Å². The van der Waals surface area contributed by atoms with E-state index < -0.39 is 23.1 Å². The maximum Gasteiger partial charge on any atom is 0.416 e. The van der Waals surface area contributed by atoms with Gasteiger partial charge >= 0.3 is 6.18 Å². The van der Waals surface area contributed by atoms with Gasteiger partial charge in [-0.3, -0.25) is 4.79 Å². The zero-order valence-electron chi connectivity index (χ0n) is 12.3. The second kappa shape index (κ2) is 5.47. The number of carbonyl (C=O) groups is 1. The lowest BCUT2D eigenvalue weighted by molar-refractivity contribution is -0.137. The lowest BCUT2D eigenvalue weighted by Crippen LogP contribution is -2.19. The molecule has 1 heterocycles. The Labute approximate surface area is 125 Å². The normalized spacial score (nSPS) is 12.3. The minimum Gasteiger partial charge on any atom is -0.360 e. The van der Waals surface area contributed by atoms with Gasteiger partial charge in [0.2, 0.25) is 0 Å². The first-order valence-corrected chi connectivity index (χ1v) is 6.53. The molecule has 1 amide bonds. The number of benzene rings is 1. The molecule has 0 bridgehead atoms. The summed E-state index contributed by atoms with van der Waals surface area (Å²) in [5, 5.41) is 6.14. The van der Waals surface area contributed by atoms with Crippen molar-refractivity contribution in [2.24, 2.45) is 0 Å². The van der Waals surface area contributed by atoms with E-state index >= 15 is 0 Å². The highest BCUT2D eigenvalue weighted by Gasteiger charge is 2.30. The third-order valence-electron chi connectivity index (χ3n) is 2.97. The molecule has 0 aliphatic carbocycles. The quantitative estimate of drug-likeness (QED) is 0.902. The molecule has 4 nitrogen and oxygen atoms in total. The van der Waals surface area contributed by atoms with Crippen LogP contribution < -0.4 is 5.32 Å². The van der Waals surface area contributed by atoms with Gasteiger partial charge in [-0.05, 0) is 24.3 Å². The number of nitrogens with zero attached hydrogens (tertiary/aromatic N) is 1. The summed E-state index contributed by atoms with van der Waals surface area (Å²) in [6.45, 7) is 5.59. The topological polar surface area (TPSA) is 55.1 Å². The summed E-state index contributed by atoms with van der Waals surface area (Å²) in [5.41, 5.74) is -0.666. The largest absolute Gasteiger partial charge is 0.416 e. The average Bonchev–Trinajstić information content (AvgIpc) is 2.87. The Balaban J connectivity index is 2.18. The number of hydrogen-bond acceptors (Lipinski definition) is 3. The fourth-order valence-corrected chi connectivity index (χ4v) is 1.88. The van der Waals surface area contributed by atoms with Gasteiger partial charge in [-0.25, -0.2) is 0 Å². The lowest BCUT2D eigenvalue weighted by atomic mass is 9.90. The van der Waals surface area contributed by atoms with E-state index in [-0.39, 0.29) is 11.3 Å². The van der Waals surface area contributed by atoms with Crippen LogP contribution in [-0.4, -0.2) is 11.1 Å². The number of nitrogens with one attached hydrogen (secondary N) is 1. The molecule has 0 radical (unpaired) electrons. The molecule has 1 N–H and O–H groups in total. The van der Waals surface area contributed by atoms with Crippen LogP contribution in [0.4, 0.5) is 18.9 Å². The zero-order valence-corrected chi connectivity index (χ0v) is 12.3. The van der Waals surface area contributed by atoms with Gasteiger partial charge in [0.25, 0.3) is 5.91 Å². The average molecular weight is 312 g/mol. The van der Waals surface area contributed by atoms with Gasteiger partial charge in [-0.2, -0.15) is 13.2 Å². The van der Waals surface area contributed by atoms with Crippen molar-refractivity contribution >= 4 is 11.6 Å². The van der Waals surface area contributed by atoms with E-state index in [9.17, 15) is 18.0 Å². The van der Waals surface area contributed by atoms with Gasteiger partial charge in [-0.1, -0.05) is 25.9 Å². The Kier molecular flexibility index (Phi) is 4.00. The van der Waals surface area contributed by atoms with Gasteiger partial charge < -0.3 is 9.84 Å². The van der Waals surface area contributed by atoms with Gasteiger partial charge in [0, 0.05) is 11.1 Å². The molecule has 0 saturated carbocycles. The van der Waals surface area contributed by atoms with E-state index in [1.54, 1.807) is 0 Å². The minimum absolute atomic E-state index is 0.257. The maximum atomic E-state index is 12.5. The van der Waals surface area contributed by atoms with Crippen molar-refractivity contribution in [3.63, 3.8) is 0 Å². The number of carbonyl (C=O) groups excluding carboxylic acids is 1. The number of amides is 1. The molecule has 0 spiro atoms. The first-order chi connectivity index (χ1) is 10.1. The molecule has 0 aliphatic rings. The Bertz CT molecular complexity index is 667. The van der Waals surface area contributed by atoms with Crippen LogP contribution in [0, 0.1) is 0 Å². The molecule has 0 aliphatic heterocycles. The summed E-state index contributed by atoms with van der Waals surface area (Å²) < 4.78 is 42.5. The van der Waals surface area contributed by atoms with E-state index in [4.69, 9.17) is 4.52 Å². The monoisotopic (exact) mass is 312 g/mol. The summed E-state index contributed by atoms with van der Waals surface area (Å²) in [6.07, 6.45) is -3.11. The second-order valence-electron chi connectivity index (χ2n) is 5.85. The van der Waals surface area contributed by atoms with Crippen LogP contribution in [-0.2, 0) is 11.6 Å². The predicted molar refractivity (Wildman–Crippen MR) is 74.6 cm³/mol. The highest BCUT2D eigenvalue weighted by atomic mass is 19.4. The summed E-state index contributed by atoms with van der Waals surface area (Å²) in [5.74, 6) is -0.0668. The van der Waals surface area contributed by atoms with Gasteiger partial charge in [-0.15, -0.1) is 0 Å². The Morgan fingerprint density at radius 3 is 2.23 bits per heavy atom. The number of anilines is 1. The number of hydrogen-bond donors (Lipinski definition) is 1. The number of rotatable bonds is 2. The summed E-state index contributed by atoms with van der Waals surface area (Å²) in [7, 11) is 0. The second-order valence-corrected chi connectivity index (χ2v) is 5.85. The van der Waals surface area contributed by atoms with Crippen molar-refractivity contribution in [3.8, 4) is 0 Å². The summed E-state index contributed by atoms with van der Waals surface area (Å²) in [4.78, 5) is 12.2. The number of alkyl halides is 3. The van der Waals surface area contributed by atoms with Crippen molar-refractivity contribution < 1.29 is 22.5 Å². The van der Waals surface area contributed by atoms with Gasteiger partial charge in [0.05, 0.1) is 11.8 Å². The fraction of sp³-hybridized carbons (Fsp3) is 0.333. The van der Waals surface area contributed by atoms with Crippen molar-refractivity contribution in [3.05, 3.63) is 47.3 Å². The first kappa shape index (κ1) is 16.1. The van der Waals surface area contributed by atoms with Crippen molar-refractivity contribution in [1.82, 2.24) is 5.16 Å². The molecule has 0 unspecified atom stereocenters. The van der Waals surface area contributed by atoms with Crippen LogP contribution >= 0.6 is 0 Å². The lowest BCUT2D eigenvalue weighted by Gasteiger charge is -2.15. The van der Waals surface area contributed by atoms with E-state index in [0.717, 1.165) is 12.1 Å². The highest BCUT2D eigenvalue weighted by Crippen LogP contribution is 2.30. The number of aromatic nitrogens is 1. The minimum atomic E-state index is -4.41. The first-order valence-electron chi connectivity index (χ1n) is 6.53.